The Balaban J connectivity index is 1.44. The molecule has 0 aromatic carbocycles. The van der Waals surface area contributed by atoms with Crippen LogP contribution >= 0.6 is 0 Å². The molecule has 0 spiro atoms. The topological polar surface area (TPSA) is 84.5 Å². The lowest BCUT2D eigenvalue weighted by Gasteiger charge is -2.16. The summed E-state index contributed by atoms with van der Waals surface area (Å²) in [6.45, 7) is 1.90. The van der Waals surface area contributed by atoms with E-state index in [0.29, 0.717) is 11.3 Å². The maximum atomic E-state index is 12.2. The van der Waals surface area contributed by atoms with Crippen LogP contribution < -0.4 is 15.9 Å². The summed E-state index contributed by atoms with van der Waals surface area (Å²) in [5, 5.41) is 6.90. The van der Waals surface area contributed by atoms with Gasteiger partial charge in [0.2, 0.25) is 5.91 Å². The smallest absolute Gasteiger partial charge is 0.350 e. The van der Waals surface area contributed by atoms with Gasteiger partial charge < -0.3 is 10.2 Å². The molecule has 0 atom stereocenters. The standard InChI is InChI=1S/C17H18N6O2/c24-16(12-23-17(25)22-10-2-1-5-15(22)20-23)19-13-6-7-14(18-11-13)21-8-3-4-9-21/h1-2,5-7,10-11H,3-4,8-9,12H2,(H,19,24). The van der Waals surface area contributed by atoms with E-state index in [4.69, 9.17) is 0 Å². The van der Waals surface area contributed by atoms with Gasteiger partial charge in [0.15, 0.2) is 5.65 Å². The minimum Gasteiger partial charge on any atom is -0.357 e. The van der Waals surface area contributed by atoms with Gasteiger partial charge >= 0.3 is 5.69 Å². The molecule has 1 fully saturated rings. The summed E-state index contributed by atoms with van der Waals surface area (Å²) >= 11 is 0. The number of aromatic nitrogens is 4. The van der Waals surface area contributed by atoms with E-state index in [-0.39, 0.29) is 18.1 Å². The van der Waals surface area contributed by atoms with Gasteiger partial charge in [-0.15, -0.1) is 5.10 Å². The lowest BCUT2D eigenvalue weighted by Crippen LogP contribution is -2.28. The van der Waals surface area contributed by atoms with Gasteiger partial charge in [-0.05, 0) is 37.1 Å². The Morgan fingerprint density at radius 3 is 2.72 bits per heavy atom. The molecule has 0 radical (unpaired) electrons. The maximum absolute atomic E-state index is 12.2. The van der Waals surface area contributed by atoms with Crippen LogP contribution in [0.25, 0.3) is 5.65 Å². The number of nitrogens with zero attached hydrogens (tertiary/aromatic N) is 5. The Labute approximate surface area is 143 Å². The van der Waals surface area contributed by atoms with Crippen molar-refractivity contribution in [2.24, 2.45) is 0 Å². The minimum absolute atomic E-state index is 0.144. The SMILES string of the molecule is O=C(Cn1nc2ccccn2c1=O)Nc1ccc(N2CCCC2)nc1. The third-order valence-electron chi connectivity index (χ3n) is 4.24. The van der Waals surface area contributed by atoms with Crippen molar-refractivity contribution in [1.29, 1.82) is 0 Å². The molecule has 0 bridgehead atoms. The molecule has 1 amide bonds. The van der Waals surface area contributed by atoms with Crippen LogP contribution in [0.15, 0.2) is 47.5 Å². The third kappa shape index (κ3) is 3.10. The molecule has 25 heavy (non-hydrogen) atoms. The van der Waals surface area contributed by atoms with E-state index < -0.39 is 0 Å². The summed E-state index contributed by atoms with van der Waals surface area (Å²) in [6.07, 6.45) is 5.64. The summed E-state index contributed by atoms with van der Waals surface area (Å²) in [6, 6.07) is 8.98. The first-order valence-electron chi connectivity index (χ1n) is 8.26. The van der Waals surface area contributed by atoms with Gasteiger partial charge in [0.05, 0.1) is 11.9 Å². The minimum atomic E-state index is -0.340. The molecule has 4 heterocycles. The largest absolute Gasteiger partial charge is 0.357 e. The number of carbonyl (C=O) groups excluding carboxylic acids is 1. The second kappa shape index (κ2) is 6.39. The molecular weight excluding hydrogens is 320 g/mol. The third-order valence-corrected chi connectivity index (χ3v) is 4.24. The highest BCUT2D eigenvalue weighted by Crippen LogP contribution is 2.18. The molecule has 128 valence electrons. The molecule has 3 aromatic rings. The molecule has 8 nitrogen and oxygen atoms in total. The van der Waals surface area contributed by atoms with Gasteiger partial charge in [0.1, 0.15) is 12.4 Å². The van der Waals surface area contributed by atoms with Crippen LogP contribution in [0.3, 0.4) is 0 Å². The summed E-state index contributed by atoms with van der Waals surface area (Å²) in [5.41, 5.74) is 0.773. The molecule has 8 heteroatoms. The average molecular weight is 338 g/mol. The van der Waals surface area contributed by atoms with Gasteiger partial charge in [-0.2, -0.15) is 0 Å². The molecule has 1 aliphatic heterocycles. The van der Waals surface area contributed by atoms with Crippen molar-refractivity contribution in [1.82, 2.24) is 19.2 Å². The van der Waals surface area contributed by atoms with Gasteiger partial charge in [-0.25, -0.2) is 14.5 Å². The number of hydrogen-bond acceptors (Lipinski definition) is 5. The Kier molecular flexibility index (Phi) is 3.93. The summed E-state index contributed by atoms with van der Waals surface area (Å²) in [4.78, 5) is 31.0. The van der Waals surface area contributed by atoms with Crippen molar-refractivity contribution in [2.75, 3.05) is 23.3 Å². The number of hydrogen-bond donors (Lipinski definition) is 1. The van der Waals surface area contributed by atoms with Crippen molar-refractivity contribution >= 4 is 23.1 Å². The van der Waals surface area contributed by atoms with E-state index >= 15 is 0 Å². The maximum Gasteiger partial charge on any atom is 0.350 e. The normalized spacial score (nSPS) is 14.2. The fraction of sp³-hybridized carbons (Fsp3) is 0.294. The molecule has 0 unspecified atom stereocenters. The Morgan fingerprint density at radius 1 is 1.16 bits per heavy atom. The predicted octanol–water partition coefficient (Wildman–Crippen LogP) is 1.13. The number of carbonyl (C=O) groups is 1. The Bertz CT molecular complexity index is 953. The molecule has 3 aromatic heterocycles. The van der Waals surface area contributed by atoms with Gasteiger partial charge in [0, 0.05) is 19.3 Å². The van der Waals surface area contributed by atoms with Crippen molar-refractivity contribution < 1.29 is 4.79 Å². The average Bonchev–Trinajstić information content (AvgIpc) is 3.25. The van der Waals surface area contributed by atoms with Gasteiger partial charge in [-0.1, -0.05) is 6.07 Å². The van der Waals surface area contributed by atoms with E-state index in [0.717, 1.165) is 23.6 Å². The van der Waals surface area contributed by atoms with E-state index in [1.54, 1.807) is 30.6 Å². The monoisotopic (exact) mass is 338 g/mol. The fourth-order valence-corrected chi connectivity index (χ4v) is 3.00. The molecule has 0 aliphatic carbocycles. The summed E-state index contributed by atoms with van der Waals surface area (Å²) in [5.74, 6) is 0.605. The van der Waals surface area contributed by atoms with Gasteiger partial charge in [-0.3, -0.25) is 9.20 Å². The molecule has 1 aliphatic rings. The van der Waals surface area contributed by atoms with Crippen LogP contribution in [0.2, 0.25) is 0 Å². The summed E-state index contributed by atoms with van der Waals surface area (Å²) in [7, 11) is 0. The molecule has 4 rings (SSSR count). The molecule has 0 saturated carbocycles. The fourth-order valence-electron chi connectivity index (χ4n) is 3.00. The van der Waals surface area contributed by atoms with Crippen LogP contribution in [-0.2, 0) is 11.3 Å². The highest BCUT2D eigenvalue weighted by atomic mass is 16.2. The molecular formula is C17H18N6O2. The predicted molar refractivity (Wildman–Crippen MR) is 93.8 cm³/mol. The van der Waals surface area contributed by atoms with Crippen LogP contribution in [-0.4, -0.2) is 38.2 Å². The quantitative estimate of drug-likeness (QED) is 0.771. The van der Waals surface area contributed by atoms with Crippen LogP contribution in [0.5, 0.6) is 0 Å². The number of amides is 1. The highest BCUT2D eigenvalue weighted by molar-refractivity contribution is 5.90. The lowest BCUT2D eigenvalue weighted by atomic mass is 10.3. The van der Waals surface area contributed by atoms with Crippen molar-refractivity contribution in [3.63, 3.8) is 0 Å². The van der Waals surface area contributed by atoms with Crippen LogP contribution in [0, 0.1) is 0 Å². The zero-order chi connectivity index (χ0) is 17.2. The number of nitrogens with one attached hydrogen (secondary N) is 1. The number of fused-ring (bicyclic) bond motifs is 1. The van der Waals surface area contributed by atoms with E-state index in [2.05, 4.69) is 20.3 Å². The van der Waals surface area contributed by atoms with Crippen LogP contribution in [0.1, 0.15) is 12.8 Å². The zero-order valence-electron chi connectivity index (χ0n) is 13.6. The second-order valence-electron chi connectivity index (χ2n) is 6.02. The van der Waals surface area contributed by atoms with Crippen molar-refractivity contribution in [3.05, 3.63) is 53.2 Å². The van der Waals surface area contributed by atoms with Crippen molar-refractivity contribution in [2.45, 2.75) is 19.4 Å². The zero-order valence-corrected chi connectivity index (χ0v) is 13.6. The summed E-state index contributed by atoms with van der Waals surface area (Å²) < 4.78 is 2.55. The van der Waals surface area contributed by atoms with Crippen molar-refractivity contribution in [3.8, 4) is 0 Å². The number of anilines is 2. The first kappa shape index (κ1) is 15.4. The Morgan fingerprint density at radius 2 is 2.00 bits per heavy atom. The number of rotatable bonds is 4. The van der Waals surface area contributed by atoms with E-state index in [1.807, 2.05) is 12.1 Å². The first-order valence-corrected chi connectivity index (χ1v) is 8.26. The number of pyridine rings is 2. The highest BCUT2D eigenvalue weighted by Gasteiger charge is 2.14. The van der Waals surface area contributed by atoms with E-state index in [9.17, 15) is 9.59 Å². The molecule has 1 saturated heterocycles. The first-order chi connectivity index (χ1) is 12.2. The lowest BCUT2D eigenvalue weighted by molar-refractivity contribution is -0.117. The Hall–Kier alpha value is -3.16. The van der Waals surface area contributed by atoms with Gasteiger partial charge in [0.25, 0.3) is 0 Å². The second-order valence-corrected chi connectivity index (χ2v) is 6.02. The molecule has 1 N–H and O–H groups in total. The van der Waals surface area contributed by atoms with E-state index in [1.165, 1.54) is 17.2 Å². The van der Waals surface area contributed by atoms with Crippen LogP contribution in [0.4, 0.5) is 11.5 Å².